The molecule has 0 amide bonds. The van der Waals surface area contributed by atoms with Gasteiger partial charge in [0.05, 0.1) is 11.8 Å². The molecule has 0 saturated heterocycles. The van der Waals surface area contributed by atoms with Crippen molar-refractivity contribution in [2.45, 2.75) is 0 Å². The zero-order valence-corrected chi connectivity index (χ0v) is 7.99. The summed E-state index contributed by atoms with van der Waals surface area (Å²) in [7, 11) is 0. The topological polar surface area (TPSA) is 49.8 Å². The second-order valence-corrected chi connectivity index (χ2v) is 3.42. The minimum absolute atomic E-state index is 0.523. The highest BCUT2D eigenvalue weighted by atomic mass is 32.1. The van der Waals surface area contributed by atoms with Gasteiger partial charge in [-0.25, -0.2) is 4.98 Å². The lowest BCUT2D eigenvalue weighted by Gasteiger charge is -1.89. The molecule has 2 aromatic heterocycles. The van der Waals surface area contributed by atoms with Crippen LogP contribution in [0, 0.1) is 11.3 Å². The number of furan rings is 1. The molecule has 0 aliphatic heterocycles. The molecule has 0 aliphatic rings. The van der Waals surface area contributed by atoms with Crippen LogP contribution in [0.15, 0.2) is 34.4 Å². The first-order valence-electron chi connectivity index (χ1n) is 3.95. The van der Waals surface area contributed by atoms with Gasteiger partial charge in [-0.15, -0.1) is 11.3 Å². The van der Waals surface area contributed by atoms with Gasteiger partial charge in [0.25, 0.3) is 0 Å². The molecule has 0 unspecified atom stereocenters. The van der Waals surface area contributed by atoms with Crippen molar-refractivity contribution >= 4 is 23.0 Å². The van der Waals surface area contributed by atoms with Gasteiger partial charge in [-0.2, -0.15) is 5.26 Å². The Kier molecular flexibility index (Phi) is 2.43. The first-order chi connectivity index (χ1) is 6.90. The molecule has 4 heteroatoms. The van der Waals surface area contributed by atoms with Crippen LogP contribution in [0.2, 0.25) is 0 Å². The van der Waals surface area contributed by atoms with Crippen molar-refractivity contribution in [3.8, 4) is 6.07 Å². The molecule has 0 radical (unpaired) electrons. The summed E-state index contributed by atoms with van der Waals surface area (Å²) in [5.74, 6) is 0.664. The standard InChI is InChI=1S/C10H6N2OS/c11-7-8(10-12-3-5-14-10)6-9-2-1-4-13-9/h1-6H/b8-6+. The molecule has 0 fully saturated rings. The van der Waals surface area contributed by atoms with E-state index in [1.807, 2.05) is 5.38 Å². The van der Waals surface area contributed by atoms with Crippen LogP contribution in [0.1, 0.15) is 10.8 Å². The number of aromatic nitrogens is 1. The quantitative estimate of drug-likeness (QED) is 0.703. The van der Waals surface area contributed by atoms with E-state index in [2.05, 4.69) is 11.1 Å². The van der Waals surface area contributed by atoms with Crippen molar-refractivity contribution < 1.29 is 4.42 Å². The zero-order valence-electron chi connectivity index (χ0n) is 7.18. The number of nitriles is 1. The van der Waals surface area contributed by atoms with Crippen LogP contribution in [0.3, 0.4) is 0 Å². The third-order valence-electron chi connectivity index (χ3n) is 1.61. The minimum atomic E-state index is 0.523. The molecule has 0 atom stereocenters. The van der Waals surface area contributed by atoms with E-state index in [0.717, 1.165) is 0 Å². The van der Waals surface area contributed by atoms with Crippen molar-refractivity contribution in [1.29, 1.82) is 5.26 Å². The Morgan fingerprint density at radius 2 is 2.57 bits per heavy atom. The molecule has 0 saturated carbocycles. The Morgan fingerprint density at radius 3 is 3.14 bits per heavy atom. The number of allylic oxidation sites excluding steroid dienone is 1. The van der Waals surface area contributed by atoms with E-state index in [-0.39, 0.29) is 0 Å². The van der Waals surface area contributed by atoms with Crippen molar-refractivity contribution in [2.75, 3.05) is 0 Å². The van der Waals surface area contributed by atoms with Crippen molar-refractivity contribution in [2.24, 2.45) is 0 Å². The minimum Gasteiger partial charge on any atom is -0.465 e. The number of hydrogen-bond acceptors (Lipinski definition) is 4. The maximum atomic E-state index is 8.90. The zero-order chi connectivity index (χ0) is 9.80. The van der Waals surface area contributed by atoms with Gasteiger partial charge in [-0.1, -0.05) is 0 Å². The molecule has 0 bridgehead atoms. The van der Waals surface area contributed by atoms with Crippen LogP contribution in [-0.4, -0.2) is 4.98 Å². The summed E-state index contributed by atoms with van der Waals surface area (Å²) in [4.78, 5) is 4.05. The van der Waals surface area contributed by atoms with Crippen LogP contribution < -0.4 is 0 Å². The van der Waals surface area contributed by atoms with E-state index in [0.29, 0.717) is 16.3 Å². The van der Waals surface area contributed by atoms with E-state index >= 15 is 0 Å². The summed E-state index contributed by atoms with van der Waals surface area (Å²) in [6, 6.07) is 5.67. The lowest BCUT2D eigenvalue weighted by atomic mass is 10.2. The highest BCUT2D eigenvalue weighted by Gasteiger charge is 2.03. The van der Waals surface area contributed by atoms with Crippen LogP contribution >= 0.6 is 11.3 Å². The van der Waals surface area contributed by atoms with Gasteiger partial charge in [-0.05, 0) is 12.1 Å². The lowest BCUT2D eigenvalue weighted by Crippen LogP contribution is -1.77. The molecule has 0 aromatic carbocycles. The normalized spacial score (nSPS) is 11.2. The second kappa shape index (κ2) is 3.90. The Bertz CT molecular complexity index is 463. The molecule has 0 N–H and O–H groups in total. The Balaban J connectivity index is 2.37. The first kappa shape index (κ1) is 8.73. The van der Waals surface area contributed by atoms with Gasteiger partial charge in [0.1, 0.15) is 16.8 Å². The summed E-state index contributed by atoms with van der Waals surface area (Å²) in [5.41, 5.74) is 0.523. The summed E-state index contributed by atoms with van der Waals surface area (Å²) in [6.07, 6.45) is 4.93. The highest BCUT2D eigenvalue weighted by molar-refractivity contribution is 7.10. The van der Waals surface area contributed by atoms with E-state index in [1.165, 1.54) is 11.3 Å². The molecular formula is C10H6N2OS. The largest absolute Gasteiger partial charge is 0.465 e. The first-order valence-corrected chi connectivity index (χ1v) is 4.83. The van der Waals surface area contributed by atoms with Crippen LogP contribution in [0.25, 0.3) is 11.6 Å². The number of thiazole rings is 1. The monoisotopic (exact) mass is 202 g/mol. The van der Waals surface area contributed by atoms with Gasteiger partial charge in [-0.3, -0.25) is 0 Å². The van der Waals surface area contributed by atoms with Gasteiger partial charge < -0.3 is 4.42 Å². The fraction of sp³-hybridized carbons (Fsp3) is 0. The molecule has 2 aromatic rings. The van der Waals surface area contributed by atoms with Crippen molar-refractivity contribution in [3.05, 3.63) is 40.7 Å². The van der Waals surface area contributed by atoms with Crippen molar-refractivity contribution in [3.63, 3.8) is 0 Å². The molecular weight excluding hydrogens is 196 g/mol. The molecule has 3 nitrogen and oxygen atoms in total. The third kappa shape index (κ3) is 1.73. The fourth-order valence-electron chi connectivity index (χ4n) is 1.01. The van der Waals surface area contributed by atoms with E-state index < -0.39 is 0 Å². The average molecular weight is 202 g/mol. The van der Waals surface area contributed by atoms with Gasteiger partial charge in [0.2, 0.25) is 0 Å². The number of nitrogens with zero attached hydrogens (tertiary/aromatic N) is 2. The molecule has 0 aliphatic carbocycles. The van der Waals surface area contributed by atoms with Gasteiger partial charge in [0, 0.05) is 17.7 Å². The lowest BCUT2D eigenvalue weighted by molar-refractivity contribution is 0.557. The van der Waals surface area contributed by atoms with E-state index in [9.17, 15) is 0 Å². The average Bonchev–Trinajstić information content (AvgIpc) is 2.86. The molecule has 2 heterocycles. The predicted octanol–water partition coefficient (Wildman–Crippen LogP) is 2.80. The highest BCUT2D eigenvalue weighted by Crippen LogP contribution is 2.19. The molecule has 0 spiro atoms. The third-order valence-corrected chi connectivity index (χ3v) is 2.42. The Morgan fingerprint density at radius 1 is 1.64 bits per heavy atom. The summed E-state index contributed by atoms with van der Waals surface area (Å²) in [5, 5.41) is 11.5. The summed E-state index contributed by atoms with van der Waals surface area (Å²) < 4.78 is 5.11. The van der Waals surface area contributed by atoms with E-state index in [1.54, 1.807) is 30.7 Å². The maximum absolute atomic E-state index is 8.90. The Hall–Kier alpha value is -1.86. The second-order valence-electron chi connectivity index (χ2n) is 2.52. The Labute approximate surface area is 84.9 Å². The molecule has 2 rings (SSSR count). The van der Waals surface area contributed by atoms with Crippen LogP contribution in [0.4, 0.5) is 0 Å². The van der Waals surface area contributed by atoms with Crippen molar-refractivity contribution in [1.82, 2.24) is 4.98 Å². The summed E-state index contributed by atoms with van der Waals surface area (Å²) >= 11 is 1.43. The number of rotatable bonds is 2. The fourth-order valence-corrected chi connectivity index (χ4v) is 1.62. The number of hydrogen-bond donors (Lipinski definition) is 0. The SMILES string of the molecule is N#C/C(=C\c1ccco1)c1nccs1. The smallest absolute Gasteiger partial charge is 0.133 e. The van der Waals surface area contributed by atoms with Crippen LogP contribution in [0.5, 0.6) is 0 Å². The van der Waals surface area contributed by atoms with Crippen LogP contribution in [-0.2, 0) is 0 Å². The summed E-state index contributed by atoms with van der Waals surface area (Å²) in [6.45, 7) is 0. The molecule has 14 heavy (non-hydrogen) atoms. The molecule has 68 valence electrons. The van der Waals surface area contributed by atoms with Gasteiger partial charge >= 0.3 is 0 Å². The van der Waals surface area contributed by atoms with Gasteiger partial charge in [0.15, 0.2) is 0 Å². The predicted molar refractivity (Wildman–Crippen MR) is 54.3 cm³/mol. The van der Waals surface area contributed by atoms with E-state index in [4.69, 9.17) is 9.68 Å². The maximum Gasteiger partial charge on any atom is 0.133 e.